The highest BCUT2D eigenvalue weighted by Crippen LogP contribution is 2.22. The highest BCUT2D eigenvalue weighted by atomic mass is 79.9. The molecule has 0 aliphatic rings. The van der Waals surface area contributed by atoms with E-state index in [1.165, 1.54) is 5.56 Å². The molecule has 0 N–H and O–H groups in total. The molecule has 0 aliphatic heterocycles. The number of alkyl halides is 1. The summed E-state index contributed by atoms with van der Waals surface area (Å²) in [6.45, 7) is 6.47. The monoisotopic (exact) mass is 284 g/mol. The number of benzene rings is 1. The van der Waals surface area contributed by atoms with Crippen LogP contribution in [-0.4, -0.2) is 10.9 Å². The van der Waals surface area contributed by atoms with Gasteiger partial charge in [0.2, 0.25) is 0 Å². The van der Waals surface area contributed by atoms with Gasteiger partial charge in [-0.05, 0) is 44.4 Å². The third-order valence-electron chi connectivity index (χ3n) is 2.55. The Morgan fingerprint density at radius 3 is 2.31 bits per heavy atom. The summed E-state index contributed by atoms with van der Waals surface area (Å²) >= 11 is 3.44. The van der Waals surface area contributed by atoms with Crippen molar-refractivity contribution in [2.75, 3.05) is 5.33 Å². The number of hydrogen-bond donors (Lipinski definition) is 0. The standard InChI is InChI=1S/C14H21BrO/c1-4-10-14(2,3)16-13-7-5-12(6-8-13)9-11-15/h5-8H,4,9-11H2,1-3H3. The predicted molar refractivity (Wildman–Crippen MR) is 73.6 cm³/mol. The largest absolute Gasteiger partial charge is 0.488 e. The van der Waals surface area contributed by atoms with Crippen molar-refractivity contribution in [3.63, 3.8) is 0 Å². The van der Waals surface area contributed by atoms with Crippen LogP contribution >= 0.6 is 15.9 Å². The van der Waals surface area contributed by atoms with Gasteiger partial charge in [-0.25, -0.2) is 0 Å². The van der Waals surface area contributed by atoms with Crippen LogP contribution < -0.4 is 4.74 Å². The summed E-state index contributed by atoms with van der Waals surface area (Å²) in [6.07, 6.45) is 3.30. The average Bonchev–Trinajstić information content (AvgIpc) is 2.21. The maximum atomic E-state index is 5.96. The van der Waals surface area contributed by atoms with E-state index < -0.39 is 0 Å². The molecule has 2 heteroatoms. The Balaban J connectivity index is 2.61. The fourth-order valence-corrected chi connectivity index (χ4v) is 2.26. The zero-order chi connectivity index (χ0) is 12.0. The molecule has 16 heavy (non-hydrogen) atoms. The van der Waals surface area contributed by atoms with E-state index in [0.29, 0.717) is 0 Å². The maximum absolute atomic E-state index is 5.96. The number of aryl methyl sites for hydroxylation is 1. The van der Waals surface area contributed by atoms with Crippen LogP contribution in [0, 0.1) is 0 Å². The quantitative estimate of drug-likeness (QED) is 0.695. The van der Waals surface area contributed by atoms with E-state index in [4.69, 9.17) is 4.74 Å². The van der Waals surface area contributed by atoms with Crippen LogP contribution in [-0.2, 0) is 6.42 Å². The van der Waals surface area contributed by atoms with Crippen molar-refractivity contribution >= 4 is 15.9 Å². The van der Waals surface area contributed by atoms with Crippen LogP contribution in [0.25, 0.3) is 0 Å². The molecule has 1 rings (SSSR count). The van der Waals surface area contributed by atoms with Gasteiger partial charge in [-0.2, -0.15) is 0 Å². The van der Waals surface area contributed by atoms with E-state index in [9.17, 15) is 0 Å². The van der Waals surface area contributed by atoms with Gasteiger partial charge in [0, 0.05) is 5.33 Å². The molecule has 0 unspecified atom stereocenters. The Kier molecular flexibility index (Phi) is 5.33. The first kappa shape index (κ1) is 13.6. The van der Waals surface area contributed by atoms with Gasteiger partial charge in [0.1, 0.15) is 11.4 Å². The van der Waals surface area contributed by atoms with Crippen molar-refractivity contribution in [2.45, 2.75) is 45.6 Å². The first-order valence-corrected chi connectivity index (χ1v) is 7.03. The van der Waals surface area contributed by atoms with Crippen molar-refractivity contribution in [3.05, 3.63) is 29.8 Å². The summed E-state index contributed by atoms with van der Waals surface area (Å²) < 4.78 is 5.96. The third kappa shape index (κ3) is 4.56. The average molecular weight is 285 g/mol. The van der Waals surface area contributed by atoms with Crippen molar-refractivity contribution in [3.8, 4) is 5.75 Å². The van der Waals surface area contributed by atoms with Gasteiger partial charge in [-0.3, -0.25) is 0 Å². The number of hydrogen-bond acceptors (Lipinski definition) is 1. The molecule has 0 heterocycles. The SMILES string of the molecule is CCCC(C)(C)Oc1ccc(CCBr)cc1. The normalized spacial score (nSPS) is 11.5. The molecule has 90 valence electrons. The molecule has 1 nitrogen and oxygen atoms in total. The van der Waals surface area contributed by atoms with Gasteiger partial charge in [0.25, 0.3) is 0 Å². The first-order chi connectivity index (χ1) is 7.57. The van der Waals surface area contributed by atoms with Gasteiger partial charge in [-0.15, -0.1) is 0 Å². The van der Waals surface area contributed by atoms with Crippen LogP contribution in [0.4, 0.5) is 0 Å². The van der Waals surface area contributed by atoms with E-state index in [-0.39, 0.29) is 5.60 Å². The third-order valence-corrected chi connectivity index (χ3v) is 2.95. The summed E-state index contributed by atoms with van der Waals surface area (Å²) in [4.78, 5) is 0. The molecular weight excluding hydrogens is 264 g/mol. The Labute approximate surface area is 107 Å². The molecule has 1 aromatic carbocycles. The molecule has 1 aromatic rings. The molecule has 0 saturated heterocycles. The zero-order valence-electron chi connectivity index (χ0n) is 10.4. The second kappa shape index (κ2) is 6.29. The molecular formula is C14H21BrO. The number of rotatable bonds is 6. The smallest absolute Gasteiger partial charge is 0.120 e. The van der Waals surface area contributed by atoms with Crippen LogP contribution in [0.15, 0.2) is 24.3 Å². The van der Waals surface area contributed by atoms with E-state index >= 15 is 0 Å². The highest BCUT2D eigenvalue weighted by molar-refractivity contribution is 9.09. The van der Waals surface area contributed by atoms with Gasteiger partial charge >= 0.3 is 0 Å². The van der Waals surface area contributed by atoms with Crippen molar-refractivity contribution in [1.82, 2.24) is 0 Å². The second-order valence-electron chi connectivity index (χ2n) is 4.69. The minimum Gasteiger partial charge on any atom is -0.488 e. The second-order valence-corrected chi connectivity index (χ2v) is 5.49. The molecule has 0 fully saturated rings. The lowest BCUT2D eigenvalue weighted by atomic mass is 10.0. The lowest BCUT2D eigenvalue weighted by molar-refractivity contribution is 0.0986. The molecule has 0 amide bonds. The molecule has 0 saturated carbocycles. The van der Waals surface area contributed by atoms with Crippen molar-refractivity contribution in [2.24, 2.45) is 0 Å². The minimum absolute atomic E-state index is 0.0638. The highest BCUT2D eigenvalue weighted by Gasteiger charge is 2.17. The van der Waals surface area contributed by atoms with E-state index in [2.05, 4.69) is 61.0 Å². The first-order valence-electron chi connectivity index (χ1n) is 5.91. The van der Waals surface area contributed by atoms with Crippen molar-refractivity contribution in [1.29, 1.82) is 0 Å². The van der Waals surface area contributed by atoms with Crippen LogP contribution in [0.1, 0.15) is 39.2 Å². The van der Waals surface area contributed by atoms with Crippen LogP contribution in [0.2, 0.25) is 0 Å². The maximum Gasteiger partial charge on any atom is 0.120 e. The van der Waals surface area contributed by atoms with E-state index in [1.54, 1.807) is 0 Å². The van der Waals surface area contributed by atoms with Gasteiger partial charge in [0.05, 0.1) is 0 Å². The van der Waals surface area contributed by atoms with E-state index in [0.717, 1.165) is 30.3 Å². The van der Waals surface area contributed by atoms with Crippen LogP contribution in [0.5, 0.6) is 5.75 Å². The summed E-state index contributed by atoms with van der Waals surface area (Å²) in [5.74, 6) is 0.969. The predicted octanol–water partition coefficient (Wildman–Crippen LogP) is 4.58. The van der Waals surface area contributed by atoms with Gasteiger partial charge < -0.3 is 4.74 Å². The topological polar surface area (TPSA) is 9.23 Å². The summed E-state index contributed by atoms with van der Waals surface area (Å²) in [5.41, 5.74) is 1.28. The Morgan fingerprint density at radius 1 is 1.19 bits per heavy atom. The minimum atomic E-state index is -0.0638. The molecule has 0 aromatic heterocycles. The summed E-state index contributed by atoms with van der Waals surface area (Å²) in [6, 6.07) is 8.40. The van der Waals surface area contributed by atoms with Gasteiger partial charge in [-0.1, -0.05) is 41.4 Å². The fraction of sp³-hybridized carbons (Fsp3) is 0.571. The lowest BCUT2D eigenvalue weighted by Crippen LogP contribution is -2.27. The van der Waals surface area contributed by atoms with Crippen LogP contribution in [0.3, 0.4) is 0 Å². The number of ether oxygens (including phenoxy) is 1. The molecule has 0 aliphatic carbocycles. The zero-order valence-corrected chi connectivity index (χ0v) is 12.0. The summed E-state index contributed by atoms with van der Waals surface area (Å²) in [7, 11) is 0. The Morgan fingerprint density at radius 2 is 1.81 bits per heavy atom. The fourth-order valence-electron chi connectivity index (χ4n) is 1.81. The molecule has 0 bridgehead atoms. The molecule has 0 spiro atoms. The Hall–Kier alpha value is -0.500. The van der Waals surface area contributed by atoms with Gasteiger partial charge in [0.15, 0.2) is 0 Å². The lowest BCUT2D eigenvalue weighted by Gasteiger charge is -2.26. The molecule has 0 atom stereocenters. The Bertz CT molecular complexity index is 303. The summed E-state index contributed by atoms with van der Waals surface area (Å²) in [5, 5.41) is 1.01. The molecule has 0 radical (unpaired) electrons. The van der Waals surface area contributed by atoms with Crippen molar-refractivity contribution < 1.29 is 4.74 Å². The van der Waals surface area contributed by atoms with E-state index in [1.807, 2.05) is 0 Å². The number of halogens is 1.